The Kier molecular flexibility index (Phi) is 2.97. The van der Waals surface area contributed by atoms with Crippen molar-refractivity contribution < 1.29 is 24.0 Å². The first-order valence-corrected chi connectivity index (χ1v) is 4.24. The molecule has 1 aromatic heterocycles. The van der Waals surface area contributed by atoms with Gasteiger partial charge in [0.2, 0.25) is 5.51 Å². The number of hydrogen-bond donors (Lipinski definition) is 0. The zero-order valence-electron chi connectivity index (χ0n) is 7.12. The Bertz CT molecular complexity index is 302. The molecule has 0 aliphatic heterocycles. The van der Waals surface area contributed by atoms with E-state index in [1.165, 1.54) is 19.7 Å². The van der Waals surface area contributed by atoms with Crippen LogP contribution in [0.4, 0.5) is 0 Å². The number of methoxy groups -OCH3 is 2. The highest BCUT2D eigenvalue weighted by Crippen LogP contribution is 2.11. The molecule has 0 aliphatic carbocycles. The van der Waals surface area contributed by atoms with Gasteiger partial charge in [0, 0.05) is 0 Å². The van der Waals surface area contributed by atoms with Crippen molar-refractivity contribution >= 4 is 23.3 Å². The van der Waals surface area contributed by atoms with E-state index in [0.29, 0.717) is 0 Å². The quantitative estimate of drug-likeness (QED) is 0.639. The van der Waals surface area contributed by atoms with Crippen LogP contribution in [-0.4, -0.2) is 26.2 Å². The van der Waals surface area contributed by atoms with Crippen LogP contribution in [0.2, 0.25) is 0 Å². The lowest BCUT2D eigenvalue weighted by Gasteiger charge is -1.94. The number of aromatic nitrogens is 1. The zero-order valence-corrected chi connectivity index (χ0v) is 7.94. The first-order valence-electron chi connectivity index (χ1n) is 3.36. The third-order valence-corrected chi connectivity index (χ3v) is 2.21. The van der Waals surface area contributed by atoms with E-state index in [9.17, 15) is 9.59 Å². The Morgan fingerprint density at radius 1 is 1.31 bits per heavy atom. The van der Waals surface area contributed by atoms with Gasteiger partial charge in [0.1, 0.15) is 0 Å². The Morgan fingerprint density at radius 3 is 2.46 bits per heavy atom. The van der Waals surface area contributed by atoms with Gasteiger partial charge in [-0.3, -0.25) is 0 Å². The number of nitrogens with one attached hydrogen (secondary N) is 1. The topological polar surface area (TPSA) is 66.7 Å². The summed E-state index contributed by atoms with van der Waals surface area (Å²) >= 11 is 1.09. The van der Waals surface area contributed by atoms with Crippen LogP contribution in [0.15, 0.2) is 5.51 Å². The first kappa shape index (κ1) is 9.66. The van der Waals surface area contributed by atoms with Gasteiger partial charge in [-0.1, -0.05) is 11.3 Å². The molecule has 0 radical (unpaired) electrons. The highest BCUT2D eigenvalue weighted by molar-refractivity contribution is 7.11. The maximum absolute atomic E-state index is 11.1. The number of esters is 2. The van der Waals surface area contributed by atoms with Crippen LogP contribution in [0.1, 0.15) is 20.2 Å². The monoisotopic (exact) mass is 202 g/mol. The largest absolute Gasteiger partial charge is 0.465 e. The Hall–Kier alpha value is -1.43. The lowest BCUT2D eigenvalue weighted by molar-refractivity contribution is -0.376. The number of aromatic amines is 1. The SMILES string of the molecule is COC(=O)c1[nH+]csc1C(=O)OC. The van der Waals surface area contributed by atoms with Crippen LogP contribution in [0.3, 0.4) is 0 Å². The third-order valence-electron chi connectivity index (χ3n) is 1.37. The van der Waals surface area contributed by atoms with Crippen LogP contribution >= 0.6 is 11.3 Å². The molecule has 0 fully saturated rings. The number of carbonyl (C=O) groups excluding carboxylic acids is 2. The van der Waals surface area contributed by atoms with Gasteiger partial charge in [-0.15, -0.1) is 0 Å². The van der Waals surface area contributed by atoms with Crippen molar-refractivity contribution in [3.8, 4) is 0 Å². The van der Waals surface area contributed by atoms with E-state index in [2.05, 4.69) is 14.5 Å². The van der Waals surface area contributed by atoms with Crippen LogP contribution in [0, 0.1) is 0 Å². The maximum atomic E-state index is 11.1. The van der Waals surface area contributed by atoms with Crippen molar-refractivity contribution in [2.75, 3.05) is 14.2 Å². The van der Waals surface area contributed by atoms with Crippen LogP contribution < -0.4 is 4.98 Å². The minimum absolute atomic E-state index is 0.124. The zero-order chi connectivity index (χ0) is 9.84. The summed E-state index contributed by atoms with van der Waals surface area (Å²) in [5, 5.41) is 0. The first-order chi connectivity index (χ1) is 6.20. The van der Waals surface area contributed by atoms with Gasteiger partial charge in [0.15, 0.2) is 4.88 Å². The van der Waals surface area contributed by atoms with E-state index in [1.54, 1.807) is 0 Å². The Labute approximate surface area is 78.3 Å². The number of H-pyrrole nitrogens is 1. The minimum Gasteiger partial charge on any atom is -0.465 e. The molecule has 0 saturated carbocycles. The molecule has 0 bridgehead atoms. The third kappa shape index (κ3) is 1.83. The highest BCUT2D eigenvalue weighted by atomic mass is 32.1. The molecular formula is C7H8NO4S+. The van der Waals surface area contributed by atoms with Gasteiger partial charge in [-0.2, -0.15) is 4.98 Å². The second-order valence-corrected chi connectivity index (χ2v) is 2.95. The second kappa shape index (κ2) is 3.99. The molecule has 0 saturated heterocycles. The summed E-state index contributed by atoms with van der Waals surface area (Å²) in [6.45, 7) is 0. The van der Waals surface area contributed by atoms with Gasteiger partial charge in [0.05, 0.1) is 14.2 Å². The molecular weight excluding hydrogens is 194 g/mol. The molecule has 6 heteroatoms. The van der Waals surface area contributed by atoms with Crippen LogP contribution in [-0.2, 0) is 9.47 Å². The van der Waals surface area contributed by atoms with E-state index in [-0.39, 0.29) is 10.6 Å². The average molecular weight is 202 g/mol. The van der Waals surface area contributed by atoms with Crippen molar-refractivity contribution in [2.24, 2.45) is 0 Å². The molecule has 1 heterocycles. The van der Waals surface area contributed by atoms with Gasteiger partial charge >= 0.3 is 17.6 Å². The smallest absolute Gasteiger partial charge is 0.405 e. The fourth-order valence-corrected chi connectivity index (χ4v) is 1.50. The summed E-state index contributed by atoms with van der Waals surface area (Å²) < 4.78 is 8.93. The lowest BCUT2D eigenvalue weighted by atomic mass is 10.3. The summed E-state index contributed by atoms with van der Waals surface area (Å²) in [5.41, 5.74) is 1.64. The van der Waals surface area contributed by atoms with Crippen LogP contribution in [0.25, 0.3) is 0 Å². The molecule has 1 N–H and O–H groups in total. The lowest BCUT2D eigenvalue weighted by Crippen LogP contribution is -2.18. The van der Waals surface area contributed by atoms with Crippen molar-refractivity contribution in [3.05, 3.63) is 16.1 Å². The summed E-state index contributed by atoms with van der Waals surface area (Å²) in [6.07, 6.45) is 0. The molecule has 0 aliphatic rings. The highest BCUT2D eigenvalue weighted by Gasteiger charge is 2.27. The molecule has 0 atom stereocenters. The van der Waals surface area contributed by atoms with Gasteiger partial charge < -0.3 is 9.47 Å². The standard InChI is InChI=1S/C7H7NO4S/c1-11-6(9)4-5(7(10)12-2)13-3-8-4/h3H,1-2H3/p+1. The average Bonchev–Trinajstić information content (AvgIpc) is 2.63. The van der Waals surface area contributed by atoms with Crippen molar-refractivity contribution in [1.82, 2.24) is 0 Å². The summed E-state index contributed by atoms with van der Waals surface area (Å²) in [7, 11) is 2.50. The molecule has 13 heavy (non-hydrogen) atoms. The van der Waals surface area contributed by atoms with Crippen molar-refractivity contribution in [3.63, 3.8) is 0 Å². The van der Waals surface area contributed by atoms with Crippen molar-refractivity contribution in [2.45, 2.75) is 0 Å². The van der Waals surface area contributed by atoms with Crippen LogP contribution in [0.5, 0.6) is 0 Å². The number of ether oxygens (including phenoxy) is 2. The van der Waals surface area contributed by atoms with Gasteiger partial charge in [-0.05, 0) is 0 Å². The number of hydrogen-bond acceptors (Lipinski definition) is 5. The molecule has 0 aromatic carbocycles. The summed E-state index contributed by atoms with van der Waals surface area (Å²) in [6, 6.07) is 0. The van der Waals surface area contributed by atoms with Gasteiger partial charge in [-0.25, -0.2) is 9.59 Å². The predicted octanol–water partition coefficient (Wildman–Crippen LogP) is 0.135. The summed E-state index contributed by atoms with van der Waals surface area (Å²) in [4.78, 5) is 25.0. The molecule has 0 unspecified atom stereocenters. The van der Waals surface area contributed by atoms with E-state index in [4.69, 9.17) is 0 Å². The second-order valence-electron chi connectivity index (χ2n) is 2.07. The molecule has 0 amide bonds. The molecule has 70 valence electrons. The van der Waals surface area contributed by atoms with E-state index in [0.717, 1.165) is 11.3 Å². The number of rotatable bonds is 2. The van der Waals surface area contributed by atoms with Crippen molar-refractivity contribution in [1.29, 1.82) is 0 Å². The normalized spacial score (nSPS) is 9.38. The predicted molar refractivity (Wildman–Crippen MR) is 43.6 cm³/mol. The minimum atomic E-state index is -0.582. The molecule has 0 spiro atoms. The van der Waals surface area contributed by atoms with E-state index in [1.807, 2.05) is 0 Å². The molecule has 5 nitrogen and oxygen atoms in total. The summed E-state index contributed by atoms with van der Waals surface area (Å²) in [5.74, 6) is -1.13. The number of carbonyl (C=O) groups is 2. The fourth-order valence-electron chi connectivity index (χ4n) is 0.768. The maximum Gasteiger partial charge on any atom is 0.405 e. The van der Waals surface area contributed by atoms with E-state index >= 15 is 0 Å². The fraction of sp³-hybridized carbons (Fsp3) is 0.286. The Balaban J connectivity index is 3.02. The molecule has 1 aromatic rings. The Morgan fingerprint density at radius 2 is 1.92 bits per heavy atom. The molecule has 1 rings (SSSR count). The number of thiazole rings is 1. The van der Waals surface area contributed by atoms with Gasteiger partial charge in [0.25, 0.3) is 0 Å². The van der Waals surface area contributed by atoms with E-state index < -0.39 is 11.9 Å².